The van der Waals surface area contributed by atoms with Gasteiger partial charge in [-0.05, 0) is 24.3 Å². The molecule has 0 heterocycles. The van der Waals surface area contributed by atoms with Crippen LogP contribution < -0.4 is 4.74 Å². The number of halogens is 5. The molecule has 2 aromatic carbocycles. The first-order chi connectivity index (χ1) is 13.0. The van der Waals surface area contributed by atoms with E-state index in [0.717, 1.165) is 24.3 Å². The van der Waals surface area contributed by atoms with Crippen LogP contribution in [0.15, 0.2) is 35.2 Å². The van der Waals surface area contributed by atoms with Crippen molar-refractivity contribution in [3.63, 3.8) is 0 Å². The summed E-state index contributed by atoms with van der Waals surface area (Å²) in [6.45, 7) is 0. The Hall–Kier alpha value is -2.71. The van der Waals surface area contributed by atoms with Crippen LogP contribution >= 0.6 is 0 Å². The second-order valence-electron chi connectivity index (χ2n) is 5.99. The molecule has 0 bridgehead atoms. The van der Waals surface area contributed by atoms with Crippen molar-refractivity contribution in [1.82, 2.24) is 0 Å². The van der Waals surface area contributed by atoms with Crippen molar-refractivity contribution in [3.8, 4) is 17.6 Å². The SMILES string of the molecule is N#Cc1cc(F)cc(Oc2ccc(S(=O)(=O)C(F)F)c3c2CC(F)(F)[C@@H]3O)c1. The highest BCUT2D eigenvalue weighted by atomic mass is 32.2. The van der Waals surface area contributed by atoms with Crippen LogP contribution in [0, 0.1) is 17.1 Å². The van der Waals surface area contributed by atoms with Crippen molar-refractivity contribution in [1.29, 1.82) is 5.26 Å². The average molecular weight is 419 g/mol. The number of ether oxygens (including phenoxy) is 1. The molecule has 5 nitrogen and oxygen atoms in total. The molecule has 1 N–H and O–H groups in total. The zero-order valence-electron chi connectivity index (χ0n) is 13.7. The second kappa shape index (κ2) is 6.72. The third-order valence-corrected chi connectivity index (χ3v) is 5.57. The topological polar surface area (TPSA) is 87.4 Å². The lowest BCUT2D eigenvalue weighted by molar-refractivity contribution is -0.0976. The van der Waals surface area contributed by atoms with E-state index in [-0.39, 0.29) is 17.1 Å². The fourth-order valence-electron chi connectivity index (χ4n) is 2.90. The molecular weight excluding hydrogens is 409 g/mol. The molecule has 0 saturated carbocycles. The smallest absolute Gasteiger partial charge is 0.341 e. The maximum atomic E-state index is 14.0. The Morgan fingerprint density at radius 1 is 1.25 bits per heavy atom. The molecule has 1 aliphatic rings. The summed E-state index contributed by atoms with van der Waals surface area (Å²) in [5, 5.41) is 18.7. The third kappa shape index (κ3) is 3.29. The van der Waals surface area contributed by atoms with E-state index in [2.05, 4.69) is 0 Å². The Morgan fingerprint density at radius 3 is 2.54 bits per heavy atom. The molecule has 3 rings (SSSR count). The Balaban J connectivity index is 2.17. The molecule has 0 amide bonds. The fourth-order valence-corrected chi connectivity index (χ4v) is 3.89. The minimum absolute atomic E-state index is 0.131. The number of hydrogen-bond acceptors (Lipinski definition) is 5. The lowest BCUT2D eigenvalue weighted by Gasteiger charge is -2.16. The molecule has 0 aromatic heterocycles. The highest BCUT2D eigenvalue weighted by molar-refractivity contribution is 7.91. The number of nitriles is 1. The molecule has 0 spiro atoms. The van der Waals surface area contributed by atoms with Crippen molar-refractivity contribution < 1.29 is 40.2 Å². The van der Waals surface area contributed by atoms with Gasteiger partial charge in [-0.1, -0.05) is 0 Å². The van der Waals surface area contributed by atoms with Crippen molar-refractivity contribution in [2.24, 2.45) is 0 Å². The monoisotopic (exact) mass is 419 g/mol. The minimum atomic E-state index is -5.28. The summed E-state index contributed by atoms with van der Waals surface area (Å²) >= 11 is 0. The number of benzene rings is 2. The van der Waals surface area contributed by atoms with Crippen molar-refractivity contribution in [2.45, 2.75) is 29.1 Å². The van der Waals surface area contributed by atoms with Crippen molar-refractivity contribution in [3.05, 3.63) is 52.8 Å². The van der Waals surface area contributed by atoms with Crippen LogP contribution in [0.1, 0.15) is 22.8 Å². The molecule has 0 aliphatic heterocycles. The Bertz CT molecular complexity index is 1100. The summed E-state index contributed by atoms with van der Waals surface area (Å²) in [6.07, 6.45) is -3.82. The van der Waals surface area contributed by atoms with Gasteiger partial charge < -0.3 is 9.84 Å². The molecule has 11 heteroatoms. The number of nitrogens with zero attached hydrogens (tertiary/aromatic N) is 1. The van der Waals surface area contributed by atoms with Gasteiger partial charge in [-0.25, -0.2) is 21.6 Å². The highest BCUT2D eigenvalue weighted by Crippen LogP contribution is 2.50. The van der Waals surface area contributed by atoms with E-state index in [9.17, 15) is 35.5 Å². The summed E-state index contributed by atoms with van der Waals surface area (Å²) in [5.74, 6) is -9.20. The Kier molecular flexibility index (Phi) is 4.81. The van der Waals surface area contributed by atoms with E-state index in [0.29, 0.717) is 6.07 Å². The molecule has 0 radical (unpaired) electrons. The number of rotatable bonds is 4. The number of sulfone groups is 1. The van der Waals surface area contributed by atoms with Gasteiger partial charge in [0, 0.05) is 23.6 Å². The quantitative estimate of drug-likeness (QED) is 0.764. The molecule has 148 valence electrons. The maximum Gasteiger partial charge on any atom is 0.341 e. The average Bonchev–Trinajstić information content (AvgIpc) is 2.85. The first-order valence-electron chi connectivity index (χ1n) is 7.59. The van der Waals surface area contributed by atoms with Gasteiger partial charge in [-0.3, -0.25) is 0 Å². The van der Waals surface area contributed by atoms with Gasteiger partial charge in [-0.15, -0.1) is 0 Å². The van der Waals surface area contributed by atoms with Gasteiger partial charge in [-0.2, -0.15) is 14.0 Å². The van der Waals surface area contributed by atoms with E-state index >= 15 is 0 Å². The summed E-state index contributed by atoms with van der Waals surface area (Å²) in [4.78, 5) is -1.13. The maximum absolute atomic E-state index is 14.0. The van der Waals surface area contributed by atoms with Crippen LogP contribution in [0.3, 0.4) is 0 Å². The molecule has 0 unspecified atom stereocenters. The molecule has 0 fully saturated rings. The second-order valence-corrected chi connectivity index (χ2v) is 7.88. The van der Waals surface area contributed by atoms with E-state index in [4.69, 9.17) is 10.00 Å². The van der Waals surface area contributed by atoms with Crippen LogP contribution in [0.4, 0.5) is 22.0 Å². The molecule has 1 atom stereocenters. The van der Waals surface area contributed by atoms with Crippen LogP contribution in [-0.4, -0.2) is 25.2 Å². The van der Waals surface area contributed by atoms with Crippen LogP contribution in [0.5, 0.6) is 11.5 Å². The lowest BCUT2D eigenvalue weighted by Crippen LogP contribution is -2.23. The molecule has 0 saturated heterocycles. The van der Waals surface area contributed by atoms with E-state index in [1.165, 1.54) is 0 Å². The van der Waals surface area contributed by atoms with E-state index in [1.807, 2.05) is 0 Å². The fraction of sp³-hybridized carbons (Fsp3) is 0.235. The molecular formula is C17H10F5NO4S. The summed E-state index contributed by atoms with van der Waals surface area (Å²) < 4.78 is 96.3. The van der Waals surface area contributed by atoms with E-state index in [1.54, 1.807) is 6.07 Å². The van der Waals surface area contributed by atoms with E-state index < -0.39 is 55.9 Å². The predicted molar refractivity (Wildman–Crippen MR) is 84.4 cm³/mol. The van der Waals surface area contributed by atoms with Gasteiger partial charge in [0.05, 0.1) is 16.5 Å². The molecule has 1 aliphatic carbocycles. The van der Waals surface area contributed by atoms with Gasteiger partial charge in [0.1, 0.15) is 23.4 Å². The molecule has 2 aromatic rings. The van der Waals surface area contributed by atoms with Crippen LogP contribution in [0.25, 0.3) is 0 Å². The van der Waals surface area contributed by atoms with Crippen molar-refractivity contribution in [2.75, 3.05) is 0 Å². The van der Waals surface area contributed by atoms with Crippen LogP contribution in [0.2, 0.25) is 0 Å². The predicted octanol–water partition coefficient (Wildman–Crippen LogP) is 3.71. The molecule has 28 heavy (non-hydrogen) atoms. The summed E-state index contributed by atoms with van der Waals surface area (Å²) in [5.41, 5.74) is -1.52. The zero-order chi connectivity index (χ0) is 20.9. The largest absolute Gasteiger partial charge is 0.457 e. The third-order valence-electron chi connectivity index (χ3n) is 4.13. The normalized spacial score (nSPS) is 18.0. The number of hydrogen-bond donors (Lipinski definition) is 1. The highest BCUT2D eigenvalue weighted by Gasteiger charge is 2.51. The zero-order valence-corrected chi connectivity index (χ0v) is 14.5. The number of aliphatic hydroxyl groups is 1. The van der Waals surface area contributed by atoms with Crippen molar-refractivity contribution >= 4 is 9.84 Å². The lowest BCUT2D eigenvalue weighted by atomic mass is 10.1. The van der Waals surface area contributed by atoms with Gasteiger partial charge in [0.15, 0.2) is 0 Å². The number of fused-ring (bicyclic) bond motifs is 1. The van der Waals surface area contributed by atoms with Gasteiger partial charge in [0.2, 0.25) is 9.84 Å². The van der Waals surface area contributed by atoms with Gasteiger partial charge in [0.25, 0.3) is 5.92 Å². The number of aliphatic hydroxyl groups excluding tert-OH is 1. The summed E-state index contributed by atoms with van der Waals surface area (Å²) in [6, 6.07) is 5.99. The standard InChI is InChI=1S/C17H10F5NO4S/c18-9-3-8(7-23)4-10(5-9)27-12-1-2-13(28(25,26)16(19)20)14-11(12)6-17(21,22)15(14)24/h1-5,15-16,24H,6H2/t15-/m1/s1. The summed E-state index contributed by atoms with van der Waals surface area (Å²) in [7, 11) is -5.28. The van der Waals surface area contributed by atoms with Gasteiger partial charge >= 0.3 is 5.76 Å². The Labute approximate surface area is 155 Å². The first kappa shape index (κ1) is 20.0. The first-order valence-corrected chi connectivity index (χ1v) is 9.14. The minimum Gasteiger partial charge on any atom is -0.457 e. The number of alkyl halides is 4. The Morgan fingerprint density at radius 2 is 1.93 bits per heavy atom. The van der Waals surface area contributed by atoms with Crippen LogP contribution in [-0.2, 0) is 16.3 Å².